The van der Waals surface area contributed by atoms with Gasteiger partial charge in [0.1, 0.15) is 0 Å². The van der Waals surface area contributed by atoms with E-state index in [1.807, 2.05) is 54.8 Å². The molecule has 1 aromatic carbocycles. The van der Waals surface area contributed by atoms with Crippen LogP contribution in [0.25, 0.3) is 6.08 Å². The van der Waals surface area contributed by atoms with Crippen molar-refractivity contribution in [2.24, 2.45) is 5.10 Å². The van der Waals surface area contributed by atoms with Gasteiger partial charge in [0.05, 0.1) is 12.1 Å². The van der Waals surface area contributed by atoms with Crippen molar-refractivity contribution in [2.75, 3.05) is 6.79 Å². The number of fused-ring (bicyclic) bond motifs is 1. The third-order valence-corrected chi connectivity index (χ3v) is 4.06. The van der Waals surface area contributed by atoms with Crippen LogP contribution in [-0.2, 0) is 11.2 Å². The standard InChI is InChI=1S/C17H16N2O3S/c1-12(18-19-17(20)10-14-3-2-8-23-14)4-5-13-6-7-15-16(9-13)22-11-21-15/h2-9H,10-11H2,1H3,(H,19,20)/b5-4+,18-12+. The number of nitrogens with zero attached hydrogens (tertiary/aromatic N) is 1. The molecule has 1 aliphatic rings. The zero-order valence-corrected chi connectivity index (χ0v) is 13.4. The number of benzene rings is 1. The van der Waals surface area contributed by atoms with Gasteiger partial charge in [-0.3, -0.25) is 4.79 Å². The molecule has 23 heavy (non-hydrogen) atoms. The summed E-state index contributed by atoms with van der Waals surface area (Å²) >= 11 is 1.56. The zero-order valence-electron chi connectivity index (χ0n) is 12.6. The van der Waals surface area contributed by atoms with Crippen molar-refractivity contribution in [3.8, 4) is 11.5 Å². The molecule has 118 valence electrons. The van der Waals surface area contributed by atoms with Crippen molar-refractivity contribution in [2.45, 2.75) is 13.3 Å². The lowest BCUT2D eigenvalue weighted by Crippen LogP contribution is -2.20. The van der Waals surface area contributed by atoms with Crippen LogP contribution in [0.3, 0.4) is 0 Å². The fourth-order valence-electron chi connectivity index (χ4n) is 2.03. The third-order valence-electron chi connectivity index (χ3n) is 3.19. The lowest BCUT2D eigenvalue weighted by Gasteiger charge is -1.99. The molecular formula is C17H16N2O3S. The summed E-state index contributed by atoms with van der Waals surface area (Å²) in [6, 6.07) is 9.57. The van der Waals surface area contributed by atoms with Crippen LogP contribution in [0.2, 0.25) is 0 Å². The first-order valence-corrected chi connectivity index (χ1v) is 8.02. The van der Waals surface area contributed by atoms with E-state index in [1.54, 1.807) is 11.3 Å². The number of hydrogen-bond acceptors (Lipinski definition) is 5. The predicted molar refractivity (Wildman–Crippen MR) is 90.9 cm³/mol. The summed E-state index contributed by atoms with van der Waals surface area (Å²) in [5.41, 5.74) is 4.25. The van der Waals surface area contributed by atoms with Gasteiger partial charge in [-0.05, 0) is 42.1 Å². The van der Waals surface area contributed by atoms with Gasteiger partial charge in [0, 0.05) is 4.88 Å². The molecule has 2 heterocycles. The first kappa shape index (κ1) is 15.3. The molecule has 0 saturated heterocycles. The maximum atomic E-state index is 11.8. The smallest absolute Gasteiger partial charge is 0.245 e. The van der Waals surface area contributed by atoms with Crippen LogP contribution in [0.15, 0.2) is 46.9 Å². The molecule has 1 N–H and O–H groups in total. The lowest BCUT2D eigenvalue weighted by molar-refractivity contribution is -0.120. The Morgan fingerprint density at radius 3 is 3.04 bits per heavy atom. The van der Waals surface area contributed by atoms with E-state index >= 15 is 0 Å². The van der Waals surface area contributed by atoms with Crippen LogP contribution < -0.4 is 14.9 Å². The molecule has 0 aliphatic carbocycles. The van der Waals surface area contributed by atoms with Crippen LogP contribution >= 0.6 is 11.3 Å². The summed E-state index contributed by atoms with van der Waals surface area (Å²) in [5, 5.41) is 6.02. The van der Waals surface area contributed by atoms with Crippen molar-refractivity contribution in [1.82, 2.24) is 5.43 Å². The fraction of sp³-hybridized carbons (Fsp3) is 0.176. The topological polar surface area (TPSA) is 59.9 Å². The maximum absolute atomic E-state index is 11.8. The van der Waals surface area contributed by atoms with Crippen molar-refractivity contribution >= 4 is 29.0 Å². The van der Waals surface area contributed by atoms with Gasteiger partial charge in [0.15, 0.2) is 11.5 Å². The van der Waals surface area contributed by atoms with E-state index in [-0.39, 0.29) is 12.7 Å². The number of hydrazone groups is 1. The molecule has 0 saturated carbocycles. The molecule has 0 radical (unpaired) electrons. The van der Waals surface area contributed by atoms with Gasteiger partial charge >= 0.3 is 0 Å². The Hall–Kier alpha value is -2.60. The molecule has 0 unspecified atom stereocenters. The number of rotatable bonds is 5. The Morgan fingerprint density at radius 1 is 1.35 bits per heavy atom. The Morgan fingerprint density at radius 2 is 2.22 bits per heavy atom. The molecule has 1 aromatic heterocycles. The monoisotopic (exact) mass is 328 g/mol. The van der Waals surface area contributed by atoms with Crippen LogP contribution in [0.1, 0.15) is 17.4 Å². The summed E-state index contributed by atoms with van der Waals surface area (Å²) in [5.74, 6) is 1.38. The summed E-state index contributed by atoms with van der Waals surface area (Å²) in [6.45, 7) is 2.09. The second-order valence-electron chi connectivity index (χ2n) is 4.99. The van der Waals surface area contributed by atoms with Gasteiger partial charge in [0.2, 0.25) is 12.7 Å². The van der Waals surface area contributed by atoms with Crippen LogP contribution in [0, 0.1) is 0 Å². The molecule has 1 amide bonds. The highest BCUT2D eigenvalue weighted by Gasteiger charge is 2.12. The van der Waals surface area contributed by atoms with Crippen molar-refractivity contribution < 1.29 is 14.3 Å². The van der Waals surface area contributed by atoms with Gasteiger partial charge in [-0.15, -0.1) is 11.3 Å². The molecule has 3 rings (SSSR count). The van der Waals surface area contributed by atoms with E-state index in [1.165, 1.54) is 0 Å². The number of thiophene rings is 1. The Kier molecular flexibility index (Phi) is 4.73. The number of nitrogens with one attached hydrogen (secondary N) is 1. The molecule has 5 nitrogen and oxygen atoms in total. The normalized spacial score (nSPS) is 13.5. The van der Waals surface area contributed by atoms with Crippen LogP contribution in [0.4, 0.5) is 0 Å². The molecule has 0 fully saturated rings. The largest absolute Gasteiger partial charge is 0.454 e. The number of ether oxygens (including phenoxy) is 2. The van der Waals surface area contributed by atoms with Crippen LogP contribution in [0.5, 0.6) is 11.5 Å². The Balaban J connectivity index is 1.55. The van der Waals surface area contributed by atoms with E-state index in [4.69, 9.17) is 9.47 Å². The number of carbonyl (C=O) groups excluding carboxylic acids is 1. The molecule has 0 bridgehead atoms. The summed E-state index contributed by atoms with van der Waals surface area (Å²) in [6.07, 6.45) is 4.09. The highest BCUT2D eigenvalue weighted by atomic mass is 32.1. The first-order chi connectivity index (χ1) is 11.2. The molecule has 1 aliphatic heterocycles. The summed E-state index contributed by atoms with van der Waals surface area (Å²) in [7, 11) is 0. The van der Waals surface area contributed by atoms with Gasteiger partial charge in [-0.1, -0.05) is 18.2 Å². The predicted octanol–water partition coefficient (Wildman–Crippen LogP) is 3.22. The van der Waals surface area contributed by atoms with Crippen molar-refractivity contribution in [3.63, 3.8) is 0 Å². The minimum atomic E-state index is -0.122. The minimum Gasteiger partial charge on any atom is -0.454 e. The van der Waals surface area contributed by atoms with Crippen molar-refractivity contribution in [1.29, 1.82) is 0 Å². The lowest BCUT2D eigenvalue weighted by atomic mass is 10.2. The SMILES string of the molecule is CC(/C=C/c1ccc2c(c1)OCO2)=N\NC(=O)Cc1cccs1. The highest BCUT2D eigenvalue weighted by molar-refractivity contribution is 7.10. The first-order valence-electron chi connectivity index (χ1n) is 7.14. The van der Waals surface area contributed by atoms with E-state index in [0.717, 1.165) is 21.9 Å². The minimum absolute atomic E-state index is 0.122. The Bertz CT molecular complexity index is 751. The summed E-state index contributed by atoms with van der Waals surface area (Å²) in [4.78, 5) is 12.8. The van der Waals surface area contributed by atoms with Gasteiger partial charge in [-0.25, -0.2) is 5.43 Å². The van der Waals surface area contributed by atoms with E-state index in [9.17, 15) is 4.79 Å². The van der Waals surface area contributed by atoms with E-state index < -0.39 is 0 Å². The molecule has 0 spiro atoms. The van der Waals surface area contributed by atoms with E-state index in [2.05, 4.69) is 10.5 Å². The summed E-state index contributed by atoms with van der Waals surface area (Å²) < 4.78 is 10.6. The molecule has 0 atom stereocenters. The second-order valence-corrected chi connectivity index (χ2v) is 6.02. The number of amides is 1. The van der Waals surface area contributed by atoms with Gasteiger partial charge < -0.3 is 9.47 Å². The highest BCUT2D eigenvalue weighted by Crippen LogP contribution is 2.32. The van der Waals surface area contributed by atoms with Crippen molar-refractivity contribution in [3.05, 3.63) is 52.2 Å². The van der Waals surface area contributed by atoms with Crippen LogP contribution in [-0.4, -0.2) is 18.4 Å². The van der Waals surface area contributed by atoms with Gasteiger partial charge in [0.25, 0.3) is 0 Å². The average molecular weight is 328 g/mol. The molecule has 2 aromatic rings. The Labute approximate surface area is 138 Å². The average Bonchev–Trinajstić information content (AvgIpc) is 3.21. The molecular weight excluding hydrogens is 312 g/mol. The second kappa shape index (κ2) is 7.11. The number of hydrogen-bond donors (Lipinski definition) is 1. The zero-order chi connectivity index (χ0) is 16.1. The number of carbonyl (C=O) groups is 1. The van der Waals surface area contributed by atoms with Gasteiger partial charge in [-0.2, -0.15) is 5.10 Å². The van der Waals surface area contributed by atoms with E-state index in [0.29, 0.717) is 12.1 Å². The fourth-order valence-corrected chi connectivity index (χ4v) is 2.74. The molecule has 6 heteroatoms. The maximum Gasteiger partial charge on any atom is 0.245 e. The quantitative estimate of drug-likeness (QED) is 0.677. The number of allylic oxidation sites excluding steroid dienone is 1. The third kappa shape index (κ3) is 4.20.